The van der Waals surface area contributed by atoms with E-state index in [0.29, 0.717) is 16.0 Å². The molecule has 3 aromatic carbocycles. The maximum Gasteiger partial charge on any atom is 0.346 e. The van der Waals surface area contributed by atoms with Gasteiger partial charge in [0.15, 0.2) is 0 Å². The molecule has 0 bridgehead atoms. The van der Waals surface area contributed by atoms with Crippen LogP contribution in [0.1, 0.15) is 0 Å². The molecule has 5 rings (SSSR count). The van der Waals surface area contributed by atoms with E-state index < -0.39 is 10.5 Å². The number of nitro benzene ring substituents is 1. The van der Waals surface area contributed by atoms with Gasteiger partial charge in [-0.15, -0.1) is 11.3 Å². The van der Waals surface area contributed by atoms with Gasteiger partial charge in [-0.3, -0.25) is 10.1 Å². The van der Waals surface area contributed by atoms with Crippen LogP contribution in [0.5, 0.6) is 0 Å². The Morgan fingerprint density at radius 1 is 0.871 bits per heavy atom. The maximum absolute atomic E-state index is 12.5. The van der Waals surface area contributed by atoms with Crippen LogP contribution in [0.4, 0.5) is 5.69 Å². The maximum atomic E-state index is 12.5. The number of hydrogen-bond donors (Lipinski definition) is 0. The standard InChI is InChI=1S/C24H14N2O4S/c27-24-20(13-18-12-19(26(28)29)10-11-22(18)30-24)23-25-21(14-31-23)17-8-6-16(7-9-17)15-4-2-1-3-5-15/h1-14H. The van der Waals surface area contributed by atoms with E-state index in [2.05, 4.69) is 17.1 Å². The van der Waals surface area contributed by atoms with Crippen LogP contribution in [-0.2, 0) is 0 Å². The summed E-state index contributed by atoms with van der Waals surface area (Å²) in [4.78, 5) is 27.6. The largest absolute Gasteiger partial charge is 0.422 e. The predicted octanol–water partition coefficient (Wildman–Crippen LogP) is 6.16. The molecule has 0 N–H and O–H groups in total. The fourth-order valence-corrected chi connectivity index (χ4v) is 4.20. The van der Waals surface area contributed by atoms with Crippen molar-refractivity contribution >= 4 is 28.0 Å². The molecular formula is C24H14N2O4S. The molecule has 2 heterocycles. The van der Waals surface area contributed by atoms with Crippen molar-refractivity contribution < 1.29 is 9.34 Å². The highest BCUT2D eigenvalue weighted by atomic mass is 32.1. The highest BCUT2D eigenvalue weighted by Gasteiger charge is 2.15. The topological polar surface area (TPSA) is 86.2 Å². The smallest absolute Gasteiger partial charge is 0.346 e. The van der Waals surface area contributed by atoms with Gasteiger partial charge in [0.1, 0.15) is 10.6 Å². The zero-order valence-corrected chi connectivity index (χ0v) is 16.8. The predicted molar refractivity (Wildman–Crippen MR) is 121 cm³/mol. The third-order valence-corrected chi connectivity index (χ3v) is 5.82. The van der Waals surface area contributed by atoms with Gasteiger partial charge in [-0.25, -0.2) is 9.78 Å². The zero-order chi connectivity index (χ0) is 21.4. The Labute approximate surface area is 180 Å². The Hall–Kier alpha value is -4.10. The highest BCUT2D eigenvalue weighted by molar-refractivity contribution is 7.13. The van der Waals surface area contributed by atoms with Crippen LogP contribution in [-0.4, -0.2) is 9.91 Å². The molecule has 0 unspecified atom stereocenters. The monoisotopic (exact) mass is 426 g/mol. The number of hydrogen-bond acceptors (Lipinski definition) is 6. The molecule has 31 heavy (non-hydrogen) atoms. The van der Waals surface area contributed by atoms with Gasteiger partial charge in [-0.2, -0.15) is 0 Å². The first-order chi connectivity index (χ1) is 15.1. The molecule has 0 saturated carbocycles. The van der Waals surface area contributed by atoms with Crippen molar-refractivity contribution in [2.24, 2.45) is 0 Å². The summed E-state index contributed by atoms with van der Waals surface area (Å²) in [5.74, 6) is 0. The van der Waals surface area contributed by atoms with Crippen molar-refractivity contribution in [3.8, 4) is 33.0 Å². The molecule has 0 fully saturated rings. The summed E-state index contributed by atoms with van der Waals surface area (Å²) < 4.78 is 5.35. The third-order valence-electron chi connectivity index (χ3n) is 4.95. The van der Waals surface area contributed by atoms with Gasteiger partial charge in [0, 0.05) is 28.5 Å². The van der Waals surface area contributed by atoms with E-state index >= 15 is 0 Å². The Bertz CT molecular complexity index is 1470. The molecule has 150 valence electrons. The molecule has 0 amide bonds. The minimum Gasteiger partial charge on any atom is -0.422 e. The van der Waals surface area contributed by atoms with Crippen molar-refractivity contribution in [2.75, 3.05) is 0 Å². The van der Waals surface area contributed by atoms with E-state index in [1.54, 1.807) is 6.07 Å². The van der Waals surface area contributed by atoms with Crippen molar-refractivity contribution in [3.63, 3.8) is 0 Å². The van der Waals surface area contributed by atoms with Crippen LogP contribution in [0, 0.1) is 10.1 Å². The number of nitro groups is 1. The number of fused-ring (bicyclic) bond motifs is 1. The van der Waals surface area contributed by atoms with Gasteiger partial charge in [0.2, 0.25) is 0 Å². The Kier molecular flexibility index (Phi) is 4.65. The molecule has 0 atom stereocenters. The molecule has 6 nitrogen and oxygen atoms in total. The van der Waals surface area contributed by atoms with Gasteiger partial charge in [-0.05, 0) is 23.3 Å². The van der Waals surface area contributed by atoms with Gasteiger partial charge in [0.25, 0.3) is 5.69 Å². The van der Waals surface area contributed by atoms with Crippen LogP contribution in [0.15, 0.2) is 93.5 Å². The lowest BCUT2D eigenvalue weighted by molar-refractivity contribution is -0.384. The first-order valence-corrected chi connectivity index (χ1v) is 10.3. The number of benzene rings is 3. The van der Waals surface area contributed by atoms with Gasteiger partial charge >= 0.3 is 5.63 Å². The summed E-state index contributed by atoms with van der Waals surface area (Å²) >= 11 is 1.33. The van der Waals surface area contributed by atoms with Gasteiger partial charge in [-0.1, -0.05) is 54.6 Å². The summed E-state index contributed by atoms with van der Waals surface area (Å²) in [5.41, 5.74) is 3.92. The van der Waals surface area contributed by atoms with Gasteiger partial charge in [0.05, 0.1) is 16.2 Å². The van der Waals surface area contributed by atoms with Crippen LogP contribution in [0.3, 0.4) is 0 Å². The number of aromatic nitrogens is 1. The summed E-state index contributed by atoms with van der Waals surface area (Å²) in [6, 6.07) is 23.9. The molecule has 0 spiro atoms. The summed E-state index contributed by atoms with van der Waals surface area (Å²) in [6.07, 6.45) is 0. The van der Waals surface area contributed by atoms with Crippen molar-refractivity contribution in [1.82, 2.24) is 4.98 Å². The fourth-order valence-electron chi connectivity index (χ4n) is 3.37. The molecule has 5 aromatic rings. The molecule has 0 aliphatic rings. The highest BCUT2D eigenvalue weighted by Crippen LogP contribution is 2.31. The summed E-state index contributed by atoms with van der Waals surface area (Å²) in [7, 11) is 0. The van der Waals surface area contributed by atoms with Crippen LogP contribution in [0.25, 0.3) is 43.9 Å². The number of rotatable bonds is 4. The Morgan fingerprint density at radius 3 is 2.32 bits per heavy atom. The second-order valence-corrected chi connectivity index (χ2v) is 7.77. The van der Waals surface area contributed by atoms with E-state index in [1.807, 2.05) is 47.8 Å². The second kappa shape index (κ2) is 7.62. The van der Waals surface area contributed by atoms with Crippen molar-refractivity contribution in [3.05, 3.63) is 105 Å². The first kappa shape index (κ1) is 18.9. The average Bonchev–Trinajstić information content (AvgIpc) is 3.29. The molecule has 2 aromatic heterocycles. The van der Waals surface area contributed by atoms with E-state index in [9.17, 15) is 14.9 Å². The average molecular weight is 426 g/mol. The number of nitrogens with zero attached hydrogens (tertiary/aromatic N) is 2. The van der Waals surface area contributed by atoms with E-state index in [0.717, 1.165) is 22.4 Å². The third kappa shape index (κ3) is 3.62. The van der Waals surface area contributed by atoms with Crippen LogP contribution < -0.4 is 5.63 Å². The van der Waals surface area contributed by atoms with Gasteiger partial charge < -0.3 is 4.42 Å². The minimum absolute atomic E-state index is 0.0642. The molecule has 0 saturated heterocycles. The Balaban J connectivity index is 1.50. The lowest BCUT2D eigenvalue weighted by Gasteiger charge is -2.03. The quantitative estimate of drug-likeness (QED) is 0.195. The number of thiazole rings is 1. The Morgan fingerprint density at radius 2 is 1.58 bits per heavy atom. The van der Waals surface area contributed by atoms with Crippen molar-refractivity contribution in [2.45, 2.75) is 0 Å². The summed E-state index contributed by atoms with van der Waals surface area (Å²) in [5, 5.41) is 13.9. The van der Waals surface area contributed by atoms with E-state index in [-0.39, 0.29) is 11.3 Å². The lowest BCUT2D eigenvalue weighted by atomic mass is 10.0. The molecule has 0 radical (unpaired) electrons. The second-order valence-electron chi connectivity index (χ2n) is 6.91. The normalized spacial score (nSPS) is 11.0. The minimum atomic E-state index is -0.526. The summed E-state index contributed by atoms with van der Waals surface area (Å²) in [6.45, 7) is 0. The van der Waals surface area contributed by atoms with Crippen LogP contribution in [0.2, 0.25) is 0 Å². The zero-order valence-electron chi connectivity index (χ0n) is 16.0. The van der Waals surface area contributed by atoms with Crippen molar-refractivity contribution in [1.29, 1.82) is 0 Å². The molecule has 7 heteroatoms. The van der Waals surface area contributed by atoms with E-state index in [4.69, 9.17) is 4.42 Å². The number of non-ortho nitro benzene ring substituents is 1. The lowest BCUT2D eigenvalue weighted by Crippen LogP contribution is -2.02. The first-order valence-electron chi connectivity index (χ1n) is 9.42. The molecular weight excluding hydrogens is 412 g/mol. The fraction of sp³-hybridized carbons (Fsp3) is 0. The molecule has 0 aliphatic heterocycles. The SMILES string of the molecule is O=c1oc2ccc([N+](=O)[O-])cc2cc1-c1nc(-c2ccc(-c3ccccc3)cc2)cs1. The van der Waals surface area contributed by atoms with Crippen LogP contribution >= 0.6 is 11.3 Å². The van der Waals surface area contributed by atoms with E-state index in [1.165, 1.54) is 29.5 Å². The molecule has 0 aliphatic carbocycles.